The molecule has 0 bridgehead atoms. The van der Waals surface area contributed by atoms with Crippen molar-refractivity contribution in [2.24, 2.45) is 0 Å². The van der Waals surface area contributed by atoms with Crippen LogP contribution in [0.25, 0.3) is 16.3 Å². The van der Waals surface area contributed by atoms with Gasteiger partial charge in [0, 0.05) is 5.56 Å². The van der Waals surface area contributed by atoms with Crippen molar-refractivity contribution in [3.63, 3.8) is 0 Å². The highest BCUT2D eigenvalue weighted by molar-refractivity contribution is 7.17. The number of carbonyl (C=O) groups is 2. The third-order valence-electron chi connectivity index (χ3n) is 4.55. The van der Waals surface area contributed by atoms with Crippen LogP contribution >= 0.6 is 22.9 Å². The van der Waals surface area contributed by atoms with Crippen LogP contribution in [0.4, 0.5) is 0 Å². The molecule has 0 radical (unpaired) electrons. The van der Waals surface area contributed by atoms with Crippen LogP contribution in [0, 0.1) is 13.8 Å². The summed E-state index contributed by atoms with van der Waals surface area (Å²) in [5.41, 5.74) is 7.74. The Morgan fingerprint density at radius 2 is 1.52 bits per heavy atom. The highest BCUT2D eigenvalue weighted by Crippen LogP contribution is 2.27. The number of nitrogens with zero attached hydrogens (tertiary/aromatic N) is 3. The van der Waals surface area contributed by atoms with Crippen molar-refractivity contribution >= 4 is 34.8 Å². The molecule has 7 nitrogen and oxygen atoms in total. The van der Waals surface area contributed by atoms with Crippen molar-refractivity contribution in [2.45, 2.75) is 13.8 Å². The fourth-order valence-electron chi connectivity index (χ4n) is 3.04. The maximum absolute atomic E-state index is 12.7. The summed E-state index contributed by atoms with van der Waals surface area (Å²) in [7, 11) is 0. The lowest BCUT2D eigenvalue weighted by molar-refractivity contribution is 0.0848. The number of hydrogen-bond donors (Lipinski definition) is 2. The molecule has 2 aromatic carbocycles. The lowest BCUT2D eigenvalue weighted by atomic mass is 10.2. The van der Waals surface area contributed by atoms with E-state index in [1.807, 2.05) is 60.7 Å². The summed E-state index contributed by atoms with van der Waals surface area (Å²) < 4.78 is 1.48. The van der Waals surface area contributed by atoms with Crippen LogP contribution in [-0.4, -0.2) is 26.6 Å². The van der Waals surface area contributed by atoms with Crippen molar-refractivity contribution in [1.29, 1.82) is 0 Å². The number of hydrogen-bond acceptors (Lipinski definition) is 5. The number of aryl methyl sites for hydroxylation is 2. The lowest BCUT2D eigenvalue weighted by Crippen LogP contribution is -2.41. The summed E-state index contributed by atoms with van der Waals surface area (Å²) >= 11 is 7.67. The van der Waals surface area contributed by atoms with Crippen LogP contribution in [0.1, 0.15) is 31.4 Å². The zero-order valence-electron chi connectivity index (χ0n) is 16.7. The van der Waals surface area contributed by atoms with Crippen LogP contribution in [0.2, 0.25) is 5.15 Å². The van der Waals surface area contributed by atoms with E-state index in [9.17, 15) is 9.59 Å². The summed E-state index contributed by atoms with van der Waals surface area (Å²) in [5.74, 6) is -1.00. The van der Waals surface area contributed by atoms with Crippen molar-refractivity contribution in [3.05, 3.63) is 87.6 Å². The van der Waals surface area contributed by atoms with Crippen molar-refractivity contribution < 1.29 is 9.59 Å². The summed E-state index contributed by atoms with van der Waals surface area (Å²) in [6.07, 6.45) is 0. The van der Waals surface area contributed by atoms with E-state index in [4.69, 9.17) is 11.6 Å². The van der Waals surface area contributed by atoms with Crippen LogP contribution < -0.4 is 10.9 Å². The summed E-state index contributed by atoms with van der Waals surface area (Å²) in [6, 6.07) is 18.8. The van der Waals surface area contributed by atoms with Crippen LogP contribution in [0.15, 0.2) is 60.7 Å². The molecule has 2 heterocycles. The third-order valence-corrected chi connectivity index (χ3v) is 6.10. The van der Waals surface area contributed by atoms with E-state index >= 15 is 0 Å². The first-order chi connectivity index (χ1) is 15.0. The standard InChI is InChI=1S/C22H18ClN5O2S/c1-13-17(19(23)28(27-13)16-11-7-4-8-12-16)20(29)25-26-21(30)18-14(2)24-22(31-18)15-9-5-3-6-10-15/h3-12H,1-2H3,(H,25,29)(H,26,30). The Balaban J connectivity index is 1.49. The summed E-state index contributed by atoms with van der Waals surface area (Å²) in [5, 5.41) is 5.24. The van der Waals surface area contributed by atoms with E-state index in [0.717, 1.165) is 16.3 Å². The van der Waals surface area contributed by atoms with E-state index < -0.39 is 11.8 Å². The second kappa shape index (κ2) is 8.71. The third kappa shape index (κ3) is 4.21. The summed E-state index contributed by atoms with van der Waals surface area (Å²) in [4.78, 5) is 30.2. The maximum atomic E-state index is 12.7. The quantitative estimate of drug-likeness (QED) is 0.452. The van der Waals surface area contributed by atoms with Gasteiger partial charge in [0.25, 0.3) is 11.8 Å². The highest BCUT2D eigenvalue weighted by Gasteiger charge is 2.22. The largest absolute Gasteiger partial charge is 0.281 e. The van der Waals surface area contributed by atoms with Gasteiger partial charge in [-0.3, -0.25) is 20.4 Å². The first-order valence-electron chi connectivity index (χ1n) is 9.39. The molecule has 2 N–H and O–H groups in total. The Morgan fingerprint density at radius 3 is 2.19 bits per heavy atom. The zero-order chi connectivity index (χ0) is 22.0. The molecule has 0 atom stereocenters. The van der Waals surface area contributed by atoms with E-state index in [-0.39, 0.29) is 10.7 Å². The van der Waals surface area contributed by atoms with Gasteiger partial charge in [0.05, 0.1) is 17.1 Å². The van der Waals surface area contributed by atoms with Gasteiger partial charge in [-0.25, -0.2) is 9.67 Å². The number of hydrazine groups is 1. The van der Waals surface area contributed by atoms with Gasteiger partial charge in [-0.05, 0) is 26.0 Å². The van der Waals surface area contributed by atoms with E-state index in [1.54, 1.807) is 13.8 Å². The highest BCUT2D eigenvalue weighted by atomic mass is 35.5. The second-order valence-electron chi connectivity index (χ2n) is 6.71. The van der Waals surface area contributed by atoms with Crippen molar-refractivity contribution in [2.75, 3.05) is 0 Å². The molecular formula is C22H18ClN5O2S. The number of thiazole rings is 1. The molecule has 0 aliphatic rings. The van der Waals surface area contributed by atoms with Crippen LogP contribution in [-0.2, 0) is 0 Å². The van der Waals surface area contributed by atoms with Gasteiger partial charge in [0.2, 0.25) is 0 Å². The molecule has 0 saturated heterocycles. The number of aromatic nitrogens is 3. The second-order valence-corrected chi connectivity index (χ2v) is 8.06. The minimum absolute atomic E-state index is 0.163. The number of para-hydroxylation sites is 1. The molecule has 0 fully saturated rings. The van der Waals surface area contributed by atoms with E-state index in [1.165, 1.54) is 16.0 Å². The molecule has 0 aliphatic carbocycles. The van der Waals surface area contributed by atoms with Gasteiger partial charge >= 0.3 is 0 Å². The number of rotatable bonds is 4. The van der Waals surface area contributed by atoms with Gasteiger partial charge < -0.3 is 0 Å². The van der Waals surface area contributed by atoms with Gasteiger partial charge in [-0.2, -0.15) is 5.10 Å². The molecule has 0 unspecified atom stereocenters. The van der Waals surface area contributed by atoms with E-state index in [0.29, 0.717) is 16.3 Å². The molecule has 2 aromatic heterocycles. The molecule has 0 spiro atoms. The first kappa shape index (κ1) is 20.8. The van der Waals surface area contributed by atoms with Crippen molar-refractivity contribution in [1.82, 2.24) is 25.6 Å². The molecule has 0 saturated carbocycles. The smallest absolute Gasteiger partial charge is 0.267 e. The van der Waals surface area contributed by atoms with E-state index in [2.05, 4.69) is 20.9 Å². The van der Waals surface area contributed by atoms with Crippen LogP contribution in [0.5, 0.6) is 0 Å². The first-order valence-corrected chi connectivity index (χ1v) is 10.6. The topological polar surface area (TPSA) is 88.9 Å². The molecule has 2 amide bonds. The molecule has 9 heteroatoms. The number of benzene rings is 2. The van der Waals surface area contributed by atoms with Crippen molar-refractivity contribution in [3.8, 4) is 16.3 Å². The number of halogens is 1. The SMILES string of the molecule is Cc1nc(-c2ccccc2)sc1C(=O)NNC(=O)c1c(C)nn(-c2ccccc2)c1Cl. The zero-order valence-corrected chi connectivity index (χ0v) is 18.3. The van der Waals surface area contributed by atoms with Gasteiger partial charge in [-0.1, -0.05) is 60.1 Å². The van der Waals surface area contributed by atoms with Gasteiger partial charge in [0.15, 0.2) is 0 Å². The Bertz CT molecular complexity index is 1250. The van der Waals surface area contributed by atoms with Crippen LogP contribution in [0.3, 0.4) is 0 Å². The minimum atomic E-state index is -0.552. The minimum Gasteiger partial charge on any atom is -0.267 e. The fourth-order valence-corrected chi connectivity index (χ4v) is 4.37. The molecule has 156 valence electrons. The fraction of sp³-hybridized carbons (Fsp3) is 0.0909. The number of nitrogens with one attached hydrogen (secondary N) is 2. The molecule has 4 rings (SSSR count). The molecular weight excluding hydrogens is 434 g/mol. The predicted molar refractivity (Wildman–Crippen MR) is 121 cm³/mol. The monoisotopic (exact) mass is 451 g/mol. The Kier molecular flexibility index (Phi) is 5.83. The summed E-state index contributed by atoms with van der Waals surface area (Å²) in [6.45, 7) is 3.44. The molecule has 0 aliphatic heterocycles. The Labute approximate surface area is 187 Å². The molecule has 4 aromatic rings. The normalized spacial score (nSPS) is 10.7. The average molecular weight is 452 g/mol. The number of amides is 2. The maximum Gasteiger partial charge on any atom is 0.281 e. The molecule has 31 heavy (non-hydrogen) atoms. The average Bonchev–Trinajstić information content (AvgIpc) is 3.32. The predicted octanol–water partition coefficient (Wildman–Crippen LogP) is 4.34. The lowest BCUT2D eigenvalue weighted by Gasteiger charge is -2.07. The Morgan fingerprint density at radius 1 is 0.903 bits per heavy atom. The van der Waals surface area contributed by atoms with Gasteiger partial charge in [0.1, 0.15) is 20.6 Å². The number of carbonyl (C=O) groups excluding carboxylic acids is 2. The van der Waals surface area contributed by atoms with Gasteiger partial charge in [-0.15, -0.1) is 11.3 Å². The Hall–Kier alpha value is -3.49.